The molecule has 214 valence electrons. The number of aryl methyl sites for hydroxylation is 1. The van der Waals surface area contributed by atoms with Crippen LogP contribution < -0.4 is 9.64 Å². The Morgan fingerprint density at radius 2 is 1.56 bits per heavy atom. The lowest BCUT2D eigenvalue weighted by molar-refractivity contribution is -0.147. The number of piperazine rings is 2. The van der Waals surface area contributed by atoms with E-state index in [2.05, 4.69) is 25.1 Å². The molecule has 4 heterocycles. The lowest BCUT2D eigenvalue weighted by atomic mass is 10.2. The number of fused-ring (bicyclic) bond motifs is 1. The molecule has 0 bridgehead atoms. The van der Waals surface area contributed by atoms with Crippen molar-refractivity contribution in [2.45, 2.75) is 25.4 Å². The van der Waals surface area contributed by atoms with Crippen molar-refractivity contribution in [3.63, 3.8) is 0 Å². The summed E-state index contributed by atoms with van der Waals surface area (Å²) in [7, 11) is -3.11. The molecule has 0 aliphatic carbocycles. The van der Waals surface area contributed by atoms with Gasteiger partial charge in [0.1, 0.15) is 11.6 Å². The SMILES string of the molecule is CS(=O)(=O)N1CCN(CCCOc2ccc(N3CCN(C4=Nn5c(nnc5C(F)(F)F)CC4)CC3)cc2)CC1. The Bertz CT molecular complexity index is 1270. The molecule has 0 atom stereocenters. The molecule has 1 aromatic heterocycles. The van der Waals surface area contributed by atoms with Gasteiger partial charge in [-0.3, -0.25) is 0 Å². The predicted molar refractivity (Wildman–Crippen MR) is 139 cm³/mol. The molecule has 0 radical (unpaired) electrons. The van der Waals surface area contributed by atoms with Gasteiger partial charge in [-0.25, -0.2) is 8.42 Å². The lowest BCUT2D eigenvalue weighted by Gasteiger charge is -2.38. The van der Waals surface area contributed by atoms with Gasteiger partial charge in [0.05, 0.1) is 12.9 Å². The van der Waals surface area contributed by atoms with Crippen molar-refractivity contribution >= 4 is 21.5 Å². The van der Waals surface area contributed by atoms with Crippen LogP contribution in [0.4, 0.5) is 18.9 Å². The molecule has 5 rings (SSSR count). The van der Waals surface area contributed by atoms with E-state index in [0.29, 0.717) is 51.5 Å². The quantitative estimate of drug-likeness (QED) is 0.463. The highest BCUT2D eigenvalue weighted by molar-refractivity contribution is 7.88. The fraction of sp³-hybridized carbons (Fsp3) is 0.625. The van der Waals surface area contributed by atoms with E-state index in [1.807, 2.05) is 29.2 Å². The number of benzene rings is 1. The fourth-order valence-electron chi connectivity index (χ4n) is 5.10. The number of hydrogen-bond donors (Lipinski definition) is 0. The molecule has 2 saturated heterocycles. The number of amidine groups is 1. The highest BCUT2D eigenvalue weighted by atomic mass is 32.2. The van der Waals surface area contributed by atoms with E-state index < -0.39 is 22.0 Å². The molecule has 3 aliphatic rings. The zero-order chi connectivity index (χ0) is 27.6. The van der Waals surface area contributed by atoms with Crippen LogP contribution in [0, 0.1) is 0 Å². The van der Waals surface area contributed by atoms with Crippen LogP contribution >= 0.6 is 0 Å². The highest BCUT2D eigenvalue weighted by Crippen LogP contribution is 2.30. The Morgan fingerprint density at radius 3 is 2.21 bits per heavy atom. The zero-order valence-electron chi connectivity index (χ0n) is 21.8. The maximum atomic E-state index is 13.2. The minimum absolute atomic E-state index is 0.236. The Kier molecular flexibility index (Phi) is 8.01. The van der Waals surface area contributed by atoms with Gasteiger partial charge in [0.2, 0.25) is 10.0 Å². The largest absolute Gasteiger partial charge is 0.494 e. The molecular formula is C24H33F3N8O3S. The summed E-state index contributed by atoms with van der Waals surface area (Å²) in [6, 6.07) is 7.94. The first-order valence-corrected chi connectivity index (χ1v) is 14.9. The van der Waals surface area contributed by atoms with E-state index in [1.54, 1.807) is 0 Å². The van der Waals surface area contributed by atoms with Gasteiger partial charge in [0, 0.05) is 77.4 Å². The third kappa shape index (κ3) is 6.64. The lowest BCUT2D eigenvalue weighted by Crippen LogP contribution is -2.49. The molecule has 15 heteroatoms. The molecule has 0 amide bonds. The summed E-state index contributed by atoms with van der Waals surface area (Å²) < 4.78 is 71.1. The van der Waals surface area contributed by atoms with E-state index in [4.69, 9.17) is 4.74 Å². The van der Waals surface area contributed by atoms with Gasteiger partial charge in [0.25, 0.3) is 5.82 Å². The topological polar surface area (TPSA) is 99.4 Å². The van der Waals surface area contributed by atoms with E-state index in [0.717, 1.165) is 55.3 Å². The van der Waals surface area contributed by atoms with Crippen LogP contribution in [0.2, 0.25) is 0 Å². The first-order chi connectivity index (χ1) is 18.6. The second-order valence-corrected chi connectivity index (χ2v) is 11.9. The summed E-state index contributed by atoms with van der Waals surface area (Å²) in [6.45, 7) is 6.76. The molecular weight excluding hydrogens is 537 g/mol. The maximum absolute atomic E-state index is 13.2. The molecule has 0 spiro atoms. The molecule has 39 heavy (non-hydrogen) atoms. The van der Waals surface area contributed by atoms with Crippen molar-refractivity contribution in [3.05, 3.63) is 35.9 Å². The molecule has 2 aromatic rings. The monoisotopic (exact) mass is 570 g/mol. The first-order valence-electron chi connectivity index (χ1n) is 13.1. The van der Waals surface area contributed by atoms with Crippen LogP contribution in [0.3, 0.4) is 0 Å². The summed E-state index contributed by atoms with van der Waals surface area (Å²) in [6.07, 6.45) is -1.57. The van der Waals surface area contributed by atoms with E-state index in [9.17, 15) is 21.6 Å². The summed E-state index contributed by atoms with van der Waals surface area (Å²) in [5, 5.41) is 11.2. The number of aromatic nitrogens is 3. The number of hydrogen-bond acceptors (Lipinski definition) is 9. The van der Waals surface area contributed by atoms with E-state index in [-0.39, 0.29) is 5.82 Å². The Hall–Kier alpha value is -2.91. The van der Waals surface area contributed by atoms with Crippen molar-refractivity contribution in [3.8, 4) is 5.75 Å². The number of ether oxygens (including phenoxy) is 1. The van der Waals surface area contributed by atoms with Crippen molar-refractivity contribution < 1.29 is 26.3 Å². The Labute approximate surface area is 225 Å². The van der Waals surface area contributed by atoms with Gasteiger partial charge in [-0.15, -0.1) is 10.2 Å². The number of alkyl halides is 3. The van der Waals surface area contributed by atoms with Gasteiger partial charge in [-0.1, -0.05) is 0 Å². The highest BCUT2D eigenvalue weighted by Gasteiger charge is 2.40. The standard InChI is InChI=1S/C24H33F3N8O3S/c1-39(36,37)34-16-10-31(11-17-34)9-2-18-38-20-5-3-19(4-6-20)32-12-14-33(15-13-32)22-8-7-21-28-29-23(24(25,26)27)35(21)30-22/h3-6H,2,7-18H2,1H3. The second-order valence-electron chi connectivity index (χ2n) is 9.94. The Balaban J connectivity index is 1.05. The number of anilines is 1. The van der Waals surface area contributed by atoms with Crippen LogP contribution in [0.25, 0.3) is 0 Å². The van der Waals surface area contributed by atoms with Crippen molar-refractivity contribution in [1.82, 2.24) is 29.0 Å². The second kappa shape index (κ2) is 11.3. The summed E-state index contributed by atoms with van der Waals surface area (Å²) >= 11 is 0. The molecule has 0 N–H and O–H groups in total. The molecule has 2 fully saturated rings. The number of halogens is 3. The van der Waals surface area contributed by atoms with Gasteiger partial charge in [-0.2, -0.15) is 27.3 Å². The minimum Gasteiger partial charge on any atom is -0.494 e. The predicted octanol–water partition coefficient (Wildman–Crippen LogP) is 1.57. The van der Waals surface area contributed by atoms with Gasteiger partial charge in [-0.05, 0) is 30.7 Å². The summed E-state index contributed by atoms with van der Waals surface area (Å²) in [4.78, 5) is 6.54. The average Bonchev–Trinajstić information content (AvgIpc) is 3.36. The first kappa shape index (κ1) is 27.6. The maximum Gasteiger partial charge on any atom is 0.453 e. The number of sulfonamides is 1. The van der Waals surface area contributed by atoms with Crippen LogP contribution in [-0.4, -0.2) is 115 Å². The van der Waals surface area contributed by atoms with Gasteiger partial charge >= 0.3 is 6.18 Å². The minimum atomic E-state index is -4.59. The van der Waals surface area contributed by atoms with Crippen molar-refractivity contribution in [2.24, 2.45) is 5.10 Å². The van der Waals surface area contributed by atoms with Crippen LogP contribution in [0.1, 0.15) is 24.5 Å². The third-order valence-corrected chi connectivity index (χ3v) is 8.58. The number of nitrogens with zero attached hydrogens (tertiary/aromatic N) is 8. The molecule has 1 aromatic carbocycles. The van der Waals surface area contributed by atoms with Crippen LogP contribution in [-0.2, 0) is 22.6 Å². The molecule has 11 nitrogen and oxygen atoms in total. The van der Waals surface area contributed by atoms with Crippen molar-refractivity contribution in [2.75, 3.05) is 76.7 Å². The van der Waals surface area contributed by atoms with E-state index >= 15 is 0 Å². The van der Waals surface area contributed by atoms with Crippen LogP contribution in [0.15, 0.2) is 29.4 Å². The summed E-state index contributed by atoms with van der Waals surface area (Å²) in [5.41, 5.74) is 1.07. The van der Waals surface area contributed by atoms with E-state index in [1.165, 1.54) is 10.6 Å². The summed E-state index contributed by atoms with van der Waals surface area (Å²) in [5.74, 6) is 0.581. The molecule has 3 aliphatic heterocycles. The van der Waals surface area contributed by atoms with Crippen molar-refractivity contribution in [1.29, 1.82) is 0 Å². The van der Waals surface area contributed by atoms with Crippen LogP contribution in [0.5, 0.6) is 5.75 Å². The van der Waals surface area contributed by atoms with Gasteiger partial charge in [0.15, 0.2) is 5.82 Å². The molecule has 0 saturated carbocycles. The smallest absolute Gasteiger partial charge is 0.453 e. The van der Waals surface area contributed by atoms with Gasteiger partial charge < -0.3 is 19.4 Å². The fourth-order valence-corrected chi connectivity index (χ4v) is 5.93. The third-order valence-electron chi connectivity index (χ3n) is 7.28. The normalized spacial score (nSPS) is 19.6. The average molecular weight is 571 g/mol. The number of rotatable bonds is 7. The molecule has 0 unspecified atom stereocenters. The Morgan fingerprint density at radius 1 is 0.897 bits per heavy atom. The zero-order valence-corrected chi connectivity index (χ0v) is 22.7.